The van der Waals surface area contributed by atoms with E-state index in [9.17, 15) is 28.6 Å². The highest BCUT2D eigenvalue weighted by atomic mass is 32.2. The van der Waals surface area contributed by atoms with Crippen molar-refractivity contribution < 1.29 is 27.7 Å². The van der Waals surface area contributed by atoms with Gasteiger partial charge in [-0.05, 0) is 48.4 Å². The zero-order valence-corrected chi connectivity index (χ0v) is 19.0. The smallest absolute Gasteiger partial charge is 0.285 e. The topological polar surface area (TPSA) is 142 Å². The summed E-state index contributed by atoms with van der Waals surface area (Å²) in [6.45, 7) is 1.62. The molecule has 0 saturated carbocycles. The first-order valence-corrected chi connectivity index (χ1v) is 11.8. The molecule has 3 aromatic carbocycles. The van der Waals surface area contributed by atoms with Crippen LogP contribution in [0.25, 0.3) is 11.6 Å². The van der Waals surface area contributed by atoms with Crippen LogP contribution < -0.4 is 13.8 Å². The summed E-state index contributed by atoms with van der Waals surface area (Å²) in [5, 5.41) is 23.4. The average Bonchev–Trinajstić information content (AvgIpc) is 3.43. The third-order valence-electron chi connectivity index (χ3n) is 5.74. The Labute approximate surface area is 199 Å². The van der Waals surface area contributed by atoms with Crippen LogP contribution >= 0.6 is 0 Å². The van der Waals surface area contributed by atoms with E-state index in [-0.39, 0.29) is 29.5 Å². The molecule has 2 aliphatic heterocycles. The van der Waals surface area contributed by atoms with Crippen LogP contribution in [-0.2, 0) is 10.0 Å². The number of sulfonamides is 1. The number of aryl methyl sites for hydroxylation is 1. The standard InChI is InChI=1S/C23H17N3O8S/c1-14-2-5-18(6-3-14)35(31,32)24-12-16(8-15-4-7-21-22(9-15)34-13-33-21)23-19(24)10-17(25(27)28)11-20(23)26(29)30/h2-11H,12-13H2,1H3. The maximum absolute atomic E-state index is 13.5. The van der Waals surface area contributed by atoms with Gasteiger partial charge in [0, 0.05) is 6.07 Å². The third kappa shape index (κ3) is 3.83. The fourth-order valence-electron chi connectivity index (χ4n) is 4.07. The molecule has 0 saturated heterocycles. The van der Waals surface area contributed by atoms with Crippen molar-refractivity contribution in [2.24, 2.45) is 0 Å². The van der Waals surface area contributed by atoms with E-state index >= 15 is 0 Å². The van der Waals surface area contributed by atoms with E-state index < -0.39 is 31.2 Å². The highest BCUT2D eigenvalue weighted by Crippen LogP contribution is 2.47. The second kappa shape index (κ2) is 8.09. The molecule has 0 fully saturated rings. The third-order valence-corrected chi connectivity index (χ3v) is 7.51. The number of non-ortho nitro benzene ring substituents is 1. The summed E-state index contributed by atoms with van der Waals surface area (Å²) in [5.41, 5.74) is 0.508. The quantitative estimate of drug-likeness (QED) is 0.377. The molecular formula is C23H17N3O8S. The second-order valence-corrected chi connectivity index (χ2v) is 9.84. The van der Waals surface area contributed by atoms with Crippen molar-refractivity contribution in [2.45, 2.75) is 11.8 Å². The number of hydrogen-bond donors (Lipinski definition) is 0. The molecule has 5 rings (SSSR count). The molecule has 0 bridgehead atoms. The minimum atomic E-state index is -4.19. The molecule has 0 unspecified atom stereocenters. The van der Waals surface area contributed by atoms with E-state index in [2.05, 4.69) is 0 Å². The summed E-state index contributed by atoms with van der Waals surface area (Å²) in [6.07, 6.45) is 1.60. The summed E-state index contributed by atoms with van der Waals surface area (Å²) in [5.74, 6) is 1.03. The Hall–Kier alpha value is -4.45. The number of anilines is 1. The molecule has 3 aromatic rings. The predicted molar refractivity (Wildman–Crippen MR) is 126 cm³/mol. The summed E-state index contributed by atoms with van der Waals surface area (Å²) in [7, 11) is -4.19. The van der Waals surface area contributed by atoms with Gasteiger partial charge >= 0.3 is 0 Å². The van der Waals surface area contributed by atoms with Crippen molar-refractivity contribution in [3.05, 3.63) is 91.5 Å². The van der Waals surface area contributed by atoms with Crippen LogP contribution in [0.2, 0.25) is 0 Å². The fourth-order valence-corrected chi connectivity index (χ4v) is 5.51. The van der Waals surface area contributed by atoms with Crippen LogP contribution in [0.1, 0.15) is 16.7 Å². The lowest BCUT2D eigenvalue weighted by Crippen LogP contribution is -2.29. The first-order valence-electron chi connectivity index (χ1n) is 10.3. The SMILES string of the molecule is Cc1ccc(S(=O)(=O)N2CC(=Cc3ccc4c(c3)OCO4)c3c2cc([N+](=O)[O-])cc3[N+](=O)[O-])cc1. The van der Waals surface area contributed by atoms with Gasteiger partial charge in [0.1, 0.15) is 0 Å². The first kappa shape index (κ1) is 22.3. The van der Waals surface area contributed by atoms with Gasteiger partial charge in [0.05, 0.1) is 38.6 Å². The number of fused-ring (bicyclic) bond motifs is 2. The second-order valence-electron chi connectivity index (χ2n) is 7.98. The van der Waals surface area contributed by atoms with Crippen molar-refractivity contribution in [1.29, 1.82) is 0 Å². The molecule has 0 amide bonds. The Morgan fingerprint density at radius 1 is 0.943 bits per heavy atom. The van der Waals surface area contributed by atoms with E-state index in [0.717, 1.165) is 22.0 Å². The minimum absolute atomic E-state index is 0.00829. The highest BCUT2D eigenvalue weighted by Gasteiger charge is 2.40. The van der Waals surface area contributed by atoms with Gasteiger partial charge in [-0.1, -0.05) is 23.8 Å². The fraction of sp³-hybridized carbons (Fsp3) is 0.130. The molecule has 2 heterocycles. The molecule has 0 aliphatic carbocycles. The van der Waals surface area contributed by atoms with E-state index in [1.807, 2.05) is 0 Å². The van der Waals surface area contributed by atoms with Crippen LogP contribution in [0, 0.1) is 27.2 Å². The Morgan fingerprint density at radius 2 is 1.66 bits per heavy atom. The van der Waals surface area contributed by atoms with Crippen LogP contribution in [-0.4, -0.2) is 31.6 Å². The number of ether oxygens (including phenoxy) is 2. The van der Waals surface area contributed by atoms with Gasteiger partial charge in [0.25, 0.3) is 21.4 Å². The summed E-state index contributed by atoms with van der Waals surface area (Å²) < 4.78 is 38.7. The van der Waals surface area contributed by atoms with Gasteiger partial charge in [-0.3, -0.25) is 24.5 Å². The van der Waals surface area contributed by atoms with Gasteiger partial charge in [0.15, 0.2) is 11.5 Å². The number of benzene rings is 3. The van der Waals surface area contributed by atoms with Gasteiger partial charge in [-0.25, -0.2) is 8.42 Å². The average molecular weight is 495 g/mol. The van der Waals surface area contributed by atoms with Crippen molar-refractivity contribution in [2.75, 3.05) is 17.6 Å². The Bertz CT molecular complexity index is 1530. The molecule has 0 N–H and O–H groups in total. The highest BCUT2D eigenvalue weighted by molar-refractivity contribution is 7.92. The van der Waals surface area contributed by atoms with E-state index in [1.165, 1.54) is 12.1 Å². The predicted octanol–water partition coefficient (Wildman–Crippen LogP) is 4.29. The lowest BCUT2D eigenvalue weighted by Gasteiger charge is -2.19. The molecule has 12 heteroatoms. The van der Waals surface area contributed by atoms with E-state index in [4.69, 9.17) is 9.47 Å². The van der Waals surface area contributed by atoms with Crippen molar-refractivity contribution >= 4 is 38.7 Å². The summed E-state index contributed by atoms with van der Waals surface area (Å²) >= 11 is 0. The molecule has 11 nitrogen and oxygen atoms in total. The van der Waals surface area contributed by atoms with Crippen molar-refractivity contribution in [1.82, 2.24) is 0 Å². The summed E-state index contributed by atoms with van der Waals surface area (Å²) in [4.78, 5) is 21.8. The molecule has 0 radical (unpaired) electrons. The normalized spacial score (nSPS) is 15.3. The lowest BCUT2D eigenvalue weighted by molar-refractivity contribution is -0.394. The molecule has 35 heavy (non-hydrogen) atoms. The number of nitrogens with zero attached hydrogens (tertiary/aromatic N) is 3. The molecule has 0 atom stereocenters. The minimum Gasteiger partial charge on any atom is -0.454 e. The van der Waals surface area contributed by atoms with Crippen LogP contribution in [0.5, 0.6) is 11.5 Å². The van der Waals surface area contributed by atoms with Crippen molar-refractivity contribution in [3.8, 4) is 11.5 Å². The monoisotopic (exact) mass is 495 g/mol. The molecule has 0 spiro atoms. The number of nitro benzene ring substituents is 2. The van der Waals surface area contributed by atoms with Crippen LogP contribution in [0.15, 0.2) is 59.5 Å². The zero-order valence-electron chi connectivity index (χ0n) is 18.2. The molecule has 2 aliphatic rings. The Morgan fingerprint density at radius 3 is 2.34 bits per heavy atom. The summed E-state index contributed by atoms with van der Waals surface area (Å²) in [6, 6.07) is 13.0. The first-order chi connectivity index (χ1) is 16.6. The zero-order chi connectivity index (χ0) is 24.9. The van der Waals surface area contributed by atoms with Gasteiger partial charge in [-0.2, -0.15) is 0 Å². The van der Waals surface area contributed by atoms with E-state index in [0.29, 0.717) is 22.6 Å². The van der Waals surface area contributed by atoms with Gasteiger partial charge in [-0.15, -0.1) is 0 Å². The molecule has 0 aromatic heterocycles. The number of nitro groups is 2. The molecular weight excluding hydrogens is 478 g/mol. The van der Waals surface area contributed by atoms with Crippen LogP contribution in [0.3, 0.4) is 0 Å². The maximum Gasteiger partial charge on any atom is 0.285 e. The lowest BCUT2D eigenvalue weighted by atomic mass is 10.0. The maximum atomic E-state index is 13.5. The largest absolute Gasteiger partial charge is 0.454 e. The Balaban J connectivity index is 1.71. The van der Waals surface area contributed by atoms with Crippen LogP contribution in [0.4, 0.5) is 17.1 Å². The van der Waals surface area contributed by atoms with Gasteiger partial charge < -0.3 is 9.47 Å². The van der Waals surface area contributed by atoms with Gasteiger partial charge in [0.2, 0.25) is 6.79 Å². The van der Waals surface area contributed by atoms with Crippen molar-refractivity contribution in [3.63, 3.8) is 0 Å². The Kier molecular flexibility index (Phi) is 5.17. The van der Waals surface area contributed by atoms with E-state index in [1.54, 1.807) is 43.3 Å². The molecule has 178 valence electrons. The number of rotatable bonds is 5. The number of hydrogen-bond acceptors (Lipinski definition) is 8.